The van der Waals surface area contributed by atoms with Crippen LogP contribution in [0.25, 0.3) is 0 Å². The van der Waals surface area contributed by atoms with Crippen LogP contribution in [0.3, 0.4) is 0 Å². The topological polar surface area (TPSA) is 9.23 Å². The Morgan fingerprint density at radius 3 is 2.25 bits per heavy atom. The van der Waals surface area contributed by atoms with Crippen molar-refractivity contribution in [1.29, 1.82) is 0 Å². The van der Waals surface area contributed by atoms with Crippen molar-refractivity contribution in [3.05, 3.63) is 64.7 Å². The Balaban J connectivity index is 2.26. The maximum Gasteiger partial charge on any atom is 0.122 e. The van der Waals surface area contributed by atoms with Crippen molar-refractivity contribution in [2.45, 2.75) is 26.2 Å². The number of hydrogen-bond acceptors (Lipinski definition) is 1. The number of ether oxygens (including phenoxy) is 1. The van der Waals surface area contributed by atoms with Gasteiger partial charge in [0.1, 0.15) is 5.75 Å². The molecule has 0 aromatic heterocycles. The van der Waals surface area contributed by atoms with E-state index in [2.05, 4.69) is 72.2 Å². The first kappa shape index (κ1) is 15.1. The number of hydrogen-bond donors (Lipinski definition) is 0. The normalized spacial score (nSPS) is 12.2. The lowest BCUT2D eigenvalue weighted by molar-refractivity contribution is 0.408. The fraction of sp³-hybridized carbons (Fsp3) is 0.333. The Morgan fingerprint density at radius 2 is 1.65 bits per heavy atom. The zero-order valence-electron chi connectivity index (χ0n) is 12.3. The summed E-state index contributed by atoms with van der Waals surface area (Å²) in [4.78, 5) is 0. The molecule has 0 spiro atoms. The maximum absolute atomic E-state index is 5.49. The molecule has 0 aliphatic carbocycles. The molecule has 0 bridgehead atoms. The van der Waals surface area contributed by atoms with E-state index in [0.717, 1.165) is 17.5 Å². The van der Waals surface area contributed by atoms with E-state index in [0.29, 0.717) is 5.92 Å². The van der Waals surface area contributed by atoms with Crippen LogP contribution in [0.2, 0.25) is 0 Å². The highest BCUT2D eigenvalue weighted by Gasteiger charge is 2.14. The number of alkyl halides is 1. The second-order valence-electron chi connectivity index (χ2n) is 5.28. The lowest BCUT2D eigenvalue weighted by atomic mass is 9.92. The Labute approximate surface area is 130 Å². The Kier molecular flexibility index (Phi) is 5.24. The van der Waals surface area contributed by atoms with Gasteiger partial charge in [0.2, 0.25) is 0 Å². The van der Waals surface area contributed by atoms with Gasteiger partial charge in [0.15, 0.2) is 0 Å². The third-order valence-corrected chi connectivity index (χ3v) is 4.42. The van der Waals surface area contributed by atoms with Gasteiger partial charge in [-0.15, -0.1) is 0 Å². The van der Waals surface area contributed by atoms with Gasteiger partial charge in [-0.3, -0.25) is 0 Å². The highest BCUT2D eigenvalue weighted by Crippen LogP contribution is 2.28. The summed E-state index contributed by atoms with van der Waals surface area (Å²) < 4.78 is 5.49. The van der Waals surface area contributed by atoms with Crippen LogP contribution in [0.1, 0.15) is 28.2 Å². The van der Waals surface area contributed by atoms with Gasteiger partial charge in [0.05, 0.1) is 7.11 Å². The van der Waals surface area contributed by atoms with E-state index in [1.165, 1.54) is 22.3 Å². The average Bonchev–Trinajstić information content (AvgIpc) is 2.46. The number of halogens is 1. The molecule has 0 saturated heterocycles. The molecule has 2 aromatic carbocycles. The summed E-state index contributed by atoms with van der Waals surface area (Å²) in [7, 11) is 1.74. The summed E-state index contributed by atoms with van der Waals surface area (Å²) in [5.74, 6) is 1.44. The SMILES string of the molecule is COc1ccc(C)cc1CC(CBr)c1ccc(C)cc1. The van der Waals surface area contributed by atoms with Gasteiger partial charge in [0, 0.05) is 5.33 Å². The van der Waals surface area contributed by atoms with E-state index in [-0.39, 0.29) is 0 Å². The molecule has 0 fully saturated rings. The molecule has 2 aromatic rings. The minimum Gasteiger partial charge on any atom is -0.496 e. The van der Waals surface area contributed by atoms with Crippen molar-refractivity contribution >= 4 is 15.9 Å². The zero-order valence-corrected chi connectivity index (χ0v) is 13.9. The van der Waals surface area contributed by atoms with E-state index in [1.807, 2.05) is 0 Å². The standard InChI is InChI=1S/C18H21BrO/c1-13-4-7-15(8-5-13)17(12-19)11-16-10-14(2)6-9-18(16)20-3/h4-10,17H,11-12H2,1-3H3. The Bertz CT molecular complexity index is 560. The summed E-state index contributed by atoms with van der Waals surface area (Å²) >= 11 is 3.65. The highest BCUT2D eigenvalue weighted by molar-refractivity contribution is 9.09. The lowest BCUT2D eigenvalue weighted by Crippen LogP contribution is -2.06. The number of methoxy groups -OCH3 is 1. The molecule has 20 heavy (non-hydrogen) atoms. The van der Waals surface area contributed by atoms with E-state index >= 15 is 0 Å². The predicted molar refractivity (Wildman–Crippen MR) is 89.1 cm³/mol. The van der Waals surface area contributed by atoms with Crippen LogP contribution in [0.4, 0.5) is 0 Å². The molecule has 0 radical (unpaired) electrons. The number of rotatable bonds is 5. The van der Waals surface area contributed by atoms with Gasteiger partial charge >= 0.3 is 0 Å². The van der Waals surface area contributed by atoms with Crippen LogP contribution in [0.5, 0.6) is 5.75 Å². The van der Waals surface area contributed by atoms with Crippen LogP contribution in [-0.4, -0.2) is 12.4 Å². The summed E-state index contributed by atoms with van der Waals surface area (Å²) in [6, 6.07) is 15.2. The molecule has 1 atom stereocenters. The van der Waals surface area contributed by atoms with Crippen LogP contribution < -0.4 is 4.74 Å². The fourth-order valence-corrected chi connectivity index (χ4v) is 3.04. The Hall–Kier alpha value is -1.28. The largest absolute Gasteiger partial charge is 0.496 e. The van der Waals surface area contributed by atoms with Crippen molar-refractivity contribution in [2.24, 2.45) is 0 Å². The molecule has 0 saturated carbocycles. The van der Waals surface area contributed by atoms with E-state index in [9.17, 15) is 0 Å². The molecule has 1 unspecified atom stereocenters. The highest BCUT2D eigenvalue weighted by atomic mass is 79.9. The van der Waals surface area contributed by atoms with Crippen molar-refractivity contribution in [3.63, 3.8) is 0 Å². The van der Waals surface area contributed by atoms with Crippen molar-refractivity contribution in [1.82, 2.24) is 0 Å². The van der Waals surface area contributed by atoms with Crippen LogP contribution in [0, 0.1) is 13.8 Å². The second-order valence-corrected chi connectivity index (χ2v) is 5.93. The monoisotopic (exact) mass is 332 g/mol. The van der Waals surface area contributed by atoms with E-state index in [1.54, 1.807) is 7.11 Å². The lowest BCUT2D eigenvalue weighted by Gasteiger charge is -2.17. The summed E-state index contributed by atoms with van der Waals surface area (Å²) in [6.45, 7) is 4.24. The van der Waals surface area contributed by atoms with Crippen LogP contribution in [-0.2, 0) is 6.42 Å². The summed E-state index contributed by atoms with van der Waals surface area (Å²) in [5, 5.41) is 0.952. The van der Waals surface area contributed by atoms with Crippen LogP contribution >= 0.6 is 15.9 Å². The molecule has 2 heteroatoms. The van der Waals surface area contributed by atoms with E-state index < -0.39 is 0 Å². The molecule has 106 valence electrons. The van der Waals surface area contributed by atoms with Gasteiger partial charge < -0.3 is 4.74 Å². The molecule has 0 N–H and O–H groups in total. The summed E-state index contributed by atoms with van der Waals surface area (Å²) in [5.41, 5.74) is 5.22. The van der Waals surface area contributed by atoms with Gasteiger partial charge in [-0.05, 0) is 43.4 Å². The third-order valence-electron chi connectivity index (χ3n) is 3.64. The number of benzene rings is 2. The summed E-state index contributed by atoms with van der Waals surface area (Å²) in [6.07, 6.45) is 0.985. The first-order valence-corrected chi connectivity index (χ1v) is 8.02. The molecular weight excluding hydrogens is 312 g/mol. The van der Waals surface area contributed by atoms with Gasteiger partial charge in [-0.25, -0.2) is 0 Å². The molecule has 0 aliphatic rings. The predicted octanol–water partition coefficient (Wildman–Crippen LogP) is 5.03. The zero-order chi connectivity index (χ0) is 14.5. The van der Waals surface area contributed by atoms with E-state index in [4.69, 9.17) is 4.74 Å². The van der Waals surface area contributed by atoms with Gasteiger partial charge in [-0.1, -0.05) is 63.5 Å². The Morgan fingerprint density at radius 1 is 1.00 bits per heavy atom. The molecule has 0 heterocycles. The molecule has 0 amide bonds. The van der Waals surface area contributed by atoms with Crippen molar-refractivity contribution in [2.75, 3.05) is 12.4 Å². The maximum atomic E-state index is 5.49. The molecular formula is C18H21BrO. The molecule has 1 nitrogen and oxygen atoms in total. The first-order chi connectivity index (χ1) is 9.63. The molecule has 0 aliphatic heterocycles. The second kappa shape index (κ2) is 6.94. The minimum atomic E-state index is 0.464. The fourth-order valence-electron chi connectivity index (χ4n) is 2.43. The number of aryl methyl sites for hydroxylation is 2. The first-order valence-electron chi connectivity index (χ1n) is 6.90. The van der Waals surface area contributed by atoms with Gasteiger partial charge in [0.25, 0.3) is 0 Å². The average molecular weight is 333 g/mol. The quantitative estimate of drug-likeness (QED) is 0.697. The van der Waals surface area contributed by atoms with Crippen molar-refractivity contribution in [3.8, 4) is 5.75 Å². The molecule has 2 rings (SSSR count). The smallest absolute Gasteiger partial charge is 0.122 e. The van der Waals surface area contributed by atoms with Crippen LogP contribution in [0.15, 0.2) is 42.5 Å². The van der Waals surface area contributed by atoms with Crippen molar-refractivity contribution < 1.29 is 4.74 Å². The minimum absolute atomic E-state index is 0.464. The third kappa shape index (κ3) is 3.63. The van der Waals surface area contributed by atoms with Gasteiger partial charge in [-0.2, -0.15) is 0 Å².